The van der Waals surface area contributed by atoms with Crippen molar-refractivity contribution in [3.8, 4) is 0 Å². The summed E-state index contributed by atoms with van der Waals surface area (Å²) in [7, 11) is 0. The first-order valence-corrected chi connectivity index (χ1v) is 7.01. The fourth-order valence-corrected chi connectivity index (χ4v) is 2.79. The zero-order valence-corrected chi connectivity index (χ0v) is 12.4. The van der Waals surface area contributed by atoms with Crippen molar-refractivity contribution < 1.29 is 4.79 Å². The summed E-state index contributed by atoms with van der Waals surface area (Å²) in [4.78, 5) is 14.8. The average molecular weight is 260 g/mol. The molecule has 19 heavy (non-hydrogen) atoms. The van der Waals surface area contributed by atoms with E-state index in [9.17, 15) is 4.79 Å². The lowest BCUT2D eigenvalue weighted by Gasteiger charge is -2.35. The van der Waals surface area contributed by atoms with Crippen molar-refractivity contribution in [3.63, 3.8) is 0 Å². The minimum Gasteiger partial charge on any atom is -0.339 e. The summed E-state index contributed by atoms with van der Waals surface area (Å²) >= 11 is 0. The van der Waals surface area contributed by atoms with Gasteiger partial charge in [0.1, 0.15) is 0 Å². The Bertz CT molecular complexity index is 474. The fourth-order valence-electron chi connectivity index (χ4n) is 2.79. The van der Waals surface area contributed by atoms with Crippen LogP contribution in [0.4, 0.5) is 0 Å². The normalized spacial score (nSPS) is 16.5. The van der Waals surface area contributed by atoms with Gasteiger partial charge in [-0.2, -0.15) is 0 Å². The molecule has 3 heteroatoms. The molecular formula is C16H24N2O. The molecule has 0 saturated carbocycles. The predicted octanol–water partition coefficient (Wildman–Crippen LogP) is 2.01. The highest BCUT2D eigenvalue weighted by Crippen LogP contribution is 2.29. The van der Waals surface area contributed by atoms with E-state index in [1.807, 2.05) is 18.7 Å². The topological polar surface area (TPSA) is 32.3 Å². The number of piperazine rings is 1. The average Bonchev–Trinajstić information content (AvgIpc) is 2.41. The Morgan fingerprint density at radius 1 is 1.21 bits per heavy atom. The highest BCUT2D eigenvalue weighted by Gasteiger charge is 2.35. The van der Waals surface area contributed by atoms with Gasteiger partial charge >= 0.3 is 0 Å². The van der Waals surface area contributed by atoms with Crippen LogP contribution in [0.5, 0.6) is 0 Å². The van der Waals surface area contributed by atoms with Crippen LogP contribution < -0.4 is 5.32 Å². The van der Waals surface area contributed by atoms with Gasteiger partial charge in [-0.25, -0.2) is 0 Å². The van der Waals surface area contributed by atoms with Crippen LogP contribution in [-0.4, -0.2) is 37.0 Å². The maximum absolute atomic E-state index is 12.8. The van der Waals surface area contributed by atoms with Crippen molar-refractivity contribution in [1.82, 2.24) is 10.2 Å². The monoisotopic (exact) mass is 260 g/mol. The van der Waals surface area contributed by atoms with E-state index < -0.39 is 5.41 Å². The molecule has 1 heterocycles. The molecule has 1 fully saturated rings. The molecule has 104 valence electrons. The summed E-state index contributed by atoms with van der Waals surface area (Å²) in [5.74, 6) is 0.239. The molecule has 0 spiro atoms. The number of hydrogen-bond acceptors (Lipinski definition) is 2. The van der Waals surface area contributed by atoms with E-state index in [0.29, 0.717) is 0 Å². The Balaban J connectivity index is 2.29. The van der Waals surface area contributed by atoms with Gasteiger partial charge in [-0.3, -0.25) is 4.79 Å². The Morgan fingerprint density at radius 2 is 1.84 bits per heavy atom. The van der Waals surface area contributed by atoms with Crippen molar-refractivity contribution in [2.24, 2.45) is 0 Å². The molecular weight excluding hydrogens is 236 g/mol. The third kappa shape index (κ3) is 2.81. The van der Waals surface area contributed by atoms with Crippen molar-refractivity contribution in [2.75, 3.05) is 26.2 Å². The van der Waals surface area contributed by atoms with E-state index in [4.69, 9.17) is 0 Å². The SMILES string of the molecule is Cc1ccc(C)c(C(C)(C)C(=O)N2CCNCC2)c1. The van der Waals surface area contributed by atoms with E-state index in [1.165, 1.54) is 11.1 Å². The summed E-state index contributed by atoms with van der Waals surface area (Å²) in [6, 6.07) is 6.36. The van der Waals surface area contributed by atoms with Crippen LogP contribution in [0, 0.1) is 13.8 Å². The van der Waals surface area contributed by atoms with Crippen molar-refractivity contribution >= 4 is 5.91 Å². The van der Waals surface area contributed by atoms with Gasteiger partial charge in [0, 0.05) is 26.2 Å². The van der Waals surface area contributed by atoms with Gasteiger partial charge in [0.05, 0.1) is 5.41 Å². The van der Waals surface area contributed by atoms with Crippen LogP contribution >= 0.6 is 0 Å². The highest BCUT2D eigenvalue weighted by atomic mass is 16.2. The number of aryl methyl sites for hydroxylation is 2. The molecule has 1 saturated heterocycles. The lowest BCUT2D eigenvalue weighted by atomic mass is 9.80. The van der Waals surface area contributed by atoms with Crippen molar-refractivity contribution in [1.29, 1.82) is 0 Å². The minimum absolute atomic E-state index is 0.239. The van der Waals surface area contributed by atoms with Gasteiger partial charge in [-0.1, -0.05) is 23.8 Å². The maximum atomic E-state index is 12.8. The van der Waals surface area contributed by atoms with E-state index in [2.05, 4.69) is 37.4 Å². The Kier molecular flexibility index (Phi) is 3.95. The third-order valence-electron chi connectivity index (χ3n) is 4.01. The molecule has 0 aromatic heterocycles. The molecule has 1 aromatic rings. The molecule has 2 rings (SSSR count). The van der Waals surface area contributed by atoms with Crippen molar-refractivity contribution in [2.45, 2.75) is 33.1 Å². The first kappa shape index (κ1) is 14.1. The number of hydrogen-bond donors (Lipinski definition) is 1. The van der Waals surface area contributed by atoms with E-state index >= 15 is 0 Å². The Hall–Kier alpha value is -1.35. The number of carbonyl (C=O) groups is 1. The summed E-state index contributed by atoms with van der Waals surface area (Å²) in [5.41, 5.74) is 3.10. The van der Waals surface area contributed by atoms with Crippen LogP contribution in [0.3, 0.4) is 0 Å². The third-order valence-corrected chi connectivity index (χ3v) is 4.01. The van der Waals surface area contributed by atoms with Gasteiger partial charge in [-0.15, -0.1) is 0 Å². The minimum atomic E-state index is -0.451. The van der Waals surface area contributed by atoms with Gasteiger partial charge in [-0.05, 0) is 38.8 Å². The lowest BCUT2D eigenvalue weighted by molar-refractivity contribution is -0.136. The molecule has 0 radical (unpaired) electrons. The van der Waals surface area contributed by atoms with Crippen LogP contribution in [0.2, 0.25) is 0 Å². The fraction of sp³-hybridized carbons (Fsp3) is 0.562. The van der Waals surface area contributed by atoms with Crippen LogP contribution in [0.25, 0.3) is 0 Å². The van der Waals surface area contributed by atoms with Gasteiger partial charge in [0.15, 0.2) is 0 Å². The molecule has 0 bridgehead atoms. The number of amides is 1. The molecule has 0 aliphatic carbocycles. The smallest absolute Gasteiger partial charge is 0.232 e. The van der Waals surface area contributed by atoms with Gasteiger partial charge in [0.25, 0.3) is 0 Å². The second kappa shape index (κ2) is 5.33. The maximum Gasteiger partial charge on any atom is 0.232 e. The second-order valence-corrected chi connectivity index (χ2v) is 5.99. The first-order chi connectivity index (χ1) is 8.93. The summed E-state index contributed by atoms with van der Waals surface area (Å²) in [5, 5.41) is 3.29. The highest BCUT2D eigenvalue weighted by molar-refractivity contribution is 5.88. The number of carbonyl (C=O) groups excluding carboxylic acids is 1. The van der Waals surface area contributed by atoms with Crippen LogP contribution in [0.15, 0.2) is 18.2 Å². The Morgan fingerprint density at radius 3 is 2.47 bits per heavy atom. The Labute approximate surface area is 116 Å². The van der Waals surface area contributed by atoms with E-state index in [-0.39, 0.29) is 5.91 Å². The summed E-state index contributed by atoms with van der Waals surface area (Å²) in [6.45, 7) is 11.7. The molecule has 1 aliphatic heterocycles. The second-order valence-electron chi connectivity index (χ2n) is 5.99. The molecule has 1 amide bonds. The van der Waals surface area contributed by atoms with E-state index in [0.717, 1.165) is 31.7 Å². The predicted molar refractivity (Wildman–Crippen MR) is 78.4 cm³/mol. The number of rotatable bonds is 2. The lowest BCUT2D eigenvalue weighted by Crippen LogP contribution is -2.52. The first-order valence-electron chi connectivity index (χ1n) is 7.01. The van der Waals surface area contributed by atoms with Gasteiger partial charge < -0.3 is 10.2 Å². The van der Waals surface area contributed by atoms with Crippen LogP contribution in [-0.2, 0) is 10.2 Å². The summed E-state index contributed by atoms with van der Waals surface area (Å²) in [6.07, 6.45) is 0. The van der Waals surface area contributed by atoms with Crippen molar-refractivity contribution in [3.05, 3.63) is 34.9 Å². The number of nitrogens with one attached hydrogen (secondary N) is 1. The van der Waals surface area contributed by atoms with E-state index in [1.54, 1.807) is 0 Å². The summed E-state index contributed by atoms with van der Waals surface area (Å²) < 4.78 is 0. The molecule has 1 aliphatic rings. The number of benzene rings is 1. The molecule has 0 atom stereocenters. The quantitative estimate of drug-likeness (QED) is 0.882. The van der Waals surface area contributed by atoms with Crippen LogP contribution in [0.1, 0.15) is 30.5 Å². The standard InChI is InChI=1S/C16H24N2O/c1-12-5-6-13(2)14(11-12)16(3,4)15(19)18-9-7-17-8-10-18/h5-6,11,17H,7-10H2,1-4H3. The number of nitrogens with zero attached hydrogens (tertiary/aromatic N) is 1. The molecule has 1 N–H and O–H groups in total. The molecule has 1 aromatic carbocycles. The molecule has 0 unspecified atom stereocenters. The zero-order valence-electron chi connectivity index (χ0n) is 12.4. The zero-order chi connectivity index (χ0) is 14.0. The molecule has 3 nitrogen and oxygen atoms in total. The largest absolute Gasteiger partial charge is 0.339 e. The van der Waals surface area contributed by atoms with Gasteiger partial charge in [0.2, 0.25) is 5.91 Å².